The third kappa shape index (κ3) is 4.17. The van der Waals surface area contributed by atoms with E-state index < -0.39 is 0 Å². The Kier molecular flexibility index (Phi) is 6.65. The van der Waals surface area contributed by atoms with Crippen LogP contribution in [-0.4, -0.2) is 18.0 Å². The minimum Gasteiger partial charge on any atom is -0.313 e. The molecule has 0 atom stereocenters. The topological polar surface area (TPSA) is 8.17 Å². The molecule has 0 radical (unpaired) electrons. The van der Waals surface area contributed by atoms with Gasteiger partial charge in [-0.05, 0) is 117 Å². The molecule has 0 spiro atoms. The minimum absolute atomic E-state index is 0.114. The molecule has 4 aliphatic heterocycles. The molecule has 0 unspecified atom stereocenters. The molecule has 13 rings (SSSR count). The Labute approximate surface area is 353 Å². The predicted molar refractivity (Wildman–Crippen MR) is 257 cm³/mol. The van der Waals surface area contributed by atoms with E-state index in [1.807, 2.05) is 0 Å². The molecule has 0 N–H and O–H groups in total. The molecular formula is C56H44B2N2. The number of anilines is 3. The number of rotatable bonds is 2. The van der Waals surface area contributed by atoms with Gasteiger partial charge in [0.05, 0.1) is 11.0 Å². The van der Waals surface area contributed by atoms with Crippen LogP contribution in [-0.2, 0) is 10.8 Å². The van der Waals surface area contributed by atoms with Gasteiger partial charge in [-0.2, -0.15) is 0 Å². The van der Waals surface area contributed by atoms with E-state index in [0.29, 0.717) is 0 Å². The van der Waals surface area contributed by atoms with E-state index in [1.54, 1.807) is 0 Å². The van der Waals surface area contributed by atoms with Gasteiger partial charge in [0.2, 0.25) is 13.4 Å². The molecule has 4 heteroatoms. The van der Waals surface area contributed by atoms with Crippen LogP contribution in [0.2, 0.25) is 0 Å². The number of nitrogens with zero attached hydrogens (tertiary/aromatic N) is 2. The summed E-state index contributed by atoms with van der Waals surface area (Å²) in [7, 11) is 0. The zero-order chi connectivity index (χ0) is 40.4. The summed E-state index contributed by atoms with van der Waals surface area (Å²) < 4.78 is 2.42. The van der Waals surface area contributed by atoms with Crippen molar-refractivity contribution in [2.24, 2.45) is 0 Å². The first-order valence-electron chi connectivity index (χ1n) is 21.7. The molecule has 0 aliphatic carbocycles. The lowest BCUT2D eigenvalue weighted by molar-refractivity contribution is 0.640. The van der Waals surface area contributed by atoms with Crippen LogP contribution in [0.5, 0.6) is 0 Å². The van der Waals surface area contributed by atoms with Crippen LogP contribution in [0.15, 0.2) is 158 Å². The first-order chi connectivity index (χ1) is 29.1. The molecule has 2 nitrogen and oxygen atoms in total. The average molecular weight is 767 g/mol. The second kappa shape index (κ2) is 11.6. The number of hydrogen-bond acceptors (Lipinski definition) is 1. The quantitative estimate of drug-likeness (QED) is 0.159. The van der Waals surface area contributed by atoms with E-state index in [1.165, 1.54) is 122 Å². The molecule has 1 aromatic heterocycles. The molecule has 284 valence electrons. The lowest BCUT2D eigenvalue weighted by Crippen LogP contribution is -2.70. The highest BCUT2D eigenvalue weighted by atomic mass is 15.2. The van der Waals surface area contributed by atoms with Gasteiger partial charge in [0.25, 0.3) is 0 Å². The maximum Gasteiger partial charge on any atom is 0.247 e. The number of para-hydroxylation sites is 2. The Bertz CT molecular complexity index is 3170. The van der Waals surface area contributed by atoms with E-state index in [-0.39, 0.29) is 24.3 Å². The Balaban J connectivity index is 1.12. The van der Waals surface area contributed by atoms with Crippen LogP contribution in [0.25, 0.3) is 38.6 Å². The monoisotopic (exact) mass is 766 g/mol. The summed E-state index contributed by atoms with van der Waals surface area (Å²) in [5, 5.41) is 2.57. The van der Waals surface area contributed by atoms with Gasteiger partial charge in [-0.25, -0.2) is 0 Å². The summed E-state index contributed by atoms with van der Waals surface area (Å²) in [6.07, 6.45) is 0. The van der Waals surface area contributed by atoms with Crippen molar-refractivity contribution in [3.63, 3.8) is 0 Å². The molecule has 0 amide bonds. The van der Waals surface area contributed by atoms with Crippen molar-refractivity contribution in [2.75, 3.05) is 4.90 Å². The maximum atomic E-state index is 2.69. The molecule has 8 aromatic carbocycles. The minimum atomic E-state index is -0.144. The highest BCUT2D eigenvalue weighted by Crippen LogP contribution is 2.47. The third-order valence-corrected chi connectivity index (χ3v) is 15.1. The number of aryl methyl sites for hydroxylation is 2. The second-order valence-electron chi connectivity index (χ2n) is 18.9. The molecule has 0 bridgehead atoms. The van der Waals surface area contributed by atoms with Crippen LogP contribution in [0.1, 0.15) is 61.1 Å². The second-order valence-corrected chi connectivity index (χ2v) is 18.9. The Morgan fingerprint density at radius 3 is 1.38 bits per heavy atom. The highest BCUT2D eigenvalue weighted by molar-refractivity contribution is 7.03. The number of fused-ring (bicyclic) bond motifs is 11. The van der Waals surface area contributed by atoms with Gasteiger partial charge in [0, 0.05) is 44.4 Å². The van der Waals surface area contributed by atoms with E-state index >= 15 is 0 Å². The smallest absolute Gasteiger partial charge is 0.247 e. The van der Waals surface area contributed by atoms with Crippen LogP contribution >= 0.6 is 0 Å². The number of hydrogen-bond donors (Lipinski definition) is 0. The lowest BCUT2D eigenvalue weighted by atomic mass is 9.26. The van der Waals surface area contributed by atoms with E-state index in [2.05, 4.69) is 209 Å². The summed E-state index contributed by atoms with van der Waals surface area (Å²) in [5.74, 6) is 0. The first kappa shape index (κ1) is 34.4. The van der Waals surface area contributed by atoms with Gasteiger partial charge in [-0.15, -0.1) is 0 Å². The third-order valence-electron chi connectivity index (χ3n) is 15.1. The van der Waals surface area contributed by atoms with Gasteiger partial charge in [-0.3, -0.25) is 0 Å². The lowest BCUT2D eigenvalue weighted by Gasteiger charge is -2.51. The van der Waals surface area contributed by atoms with E-state index in [4.69, 9.17) is 0 Å². The van der Waals surface area contributed by atoms with Gasteiger partial charge in [0.15, 0.2) is 0 Å². The van der Waals surface area contributed by atoms with Crippen LogP contribution in [0, 0.1) is 13.8 Å². The summed E-state index contributed by atoms with van der Waals surface area (Å²) in [6, 6.07) is 60.4. The molecule has 4 aliphatic rings. The van der Waals surface area contributed by atoms with Crippen molar-refractivity contribution < 1.29 is 0 Å². The van der Waals surface area contributed by atoms with E-state index in [0.717, 1.165) is 0 Å². The fourth-order valence-electron chi connectivity index (χ4n) is 12.9. The summed E-state index contributed by atoms with van der Waals surface area (Å²) in [4.78, 5) is 2.69. The molecule has 0 saturated carbocycles. The summed E-state index contributed by atoms with van der Waals surface area (Å²) in [5.41, 5.74) is 27.1. The summed E-state index contributed by atoms with van der Waals surface area (Å²) >= 11 is 0. The zero-order valence-corrected chi connectivity index (χ0v) is 35.1. The average Bonchev–Trinajstić information content (AvgIpc) is 3.60. The van der Waals surface area contributed by atoms with Crippen LogP contribution in [0.4, 0.5) is 17.1 Å². The fourth-order valence-corrected chi connectivity index (χ4v) is 12.9. The standard InChI is InChI=1S/C56H44B2N2/c1-33-23-29-48-52-50(33)55(3,4)40-17-9-11-19-42(40)57(52)44-31-36(35-25-27-37(28-26-35)59-46-21-13-7-15-38(46)39-16-8-14-22-47(39)59)32-45-54(44)60(48)49-30-24-34(2)51-53(49)58(45)43-20-12-10-18-41(43)56(51,5)6/h7-32H,1-6H3. The highest BCUT2D eigenvalue weighted by Gasteiger charge is 2.52. The van der Waals surface area contributed by atoms with Crippen molar-refractivity contribution >= 4 is 85.1 Å². The molecule has 0 saturated heterocycles. The van der Waals surface area contributed by atoms with Crippen molar-refractivity contribution in [3.8, 4) is 16.8 Å². The zero-order valence-electron chi connectivity index (χ0n) is 35.1. The Morgan fingerprint density at radius 1 is 0.433 bits per heavy atom. The van der Waals surface area contributed by atoms with Crippen molar-refractivity contribution in [1.29, 1.82) is 0 Å². The number of aromatic nitrogens is 1. The van der Waals surface area contributed by atoms with Crippen LogP contribution in [0.3, 0.4) is 0 Å². The number of benzene rings is 8. The van der Waals surface area contributed by atoms with Crippen molar-refractivity contribution in [2.45, 2.75) is 52.4 Å². The Hall–Kier alpha value is -6.51. The van der Waals surface area contributed by atoms with Crippen molar-refractivity contribution in [1.82, 2.24) is 4.57 Å². The van der Waals surface area contributed by atoms with Gasteiger partial charge < -0.3 is 9.47 Å². The van der Waals surface area contributed by atoms with Gasteiger partial charge in [-0.1, -0.05) is 160 Å². The summed E-state index contributed by atoms with van der Waals surface area (Å²) in [6.45, 7) is 14.7. The molecule has 5 heterocycles. The Morgan fingerprint density at radius 2 is 0.883 bits per heavy atom. The van der Waals surface area contributed by atoms with Gasteiger partial charge in [0.1, 0.15) is 0 Å². The first-order valence-corrected chi connectivity index (χ1v) is 21.7. The van der Waals surface area contributed by atoms with Crippen LogP contribution < -0.4 is 37.7 Å². The van der Waals surface area contributed by atoms with Gasteiger partial charge >= 0.3 is 0 Å². The predicted octanol–water partition coefficient (Wildman–Crippen LogP) is 9.48. The maximum absolute atomic E-state index is 2.69. The normalized spacial score (nSPS) is 15.7. The molecular weight excluding hydrogens is 722 g/mol. The van der Waals surface area contributed by atoms with Crippen molar-refractivity contribution in [3.05, 3.63) is 191 Å². The fraction of sp³-hybridized carbons (Fsp3) is 0.143. The largest absolute Gasteiger partial charge is 0.313 e. The molecule has 9 aromatic rings. The SMILES string of the molecule is Cc1ccc2c3c1C(C)(C)c1ccccc1B3c1cc(-c3ccc(-n4c5ccccc5c5ccccc54)cc3)cc3c1N2c1ccc(C)c2c1B3c1ccccc1C2(C)C. The molecule has 60 heavy (non-hydrogen) atoms. The van der Waals surface area contributed by atoms with E-state index in [9.17, 15) is 0 Å². The molecule has 0 fully saturated rings.